The minimum absolute atomic E-state index is 0. The van der Waals surface area contributed by atoms with Gasteiger partial charge in [0.05, 0.1) is 23.2 Å². The van der Waals surface area contributed by atoms with E-state index >= 15 is 0 Å². The van der Waals surface area contributed by atoms with E-state index in [1.807, 2.05) is 43.3 Å². The molecule has 0 amide bonds. The van der Waals surface area contributed by atoms with Gasteiger partial charge in [-0.15, -0.1) is 0 Å². The zero-order valence-electron chi connectivity index (χ0n) is 25.2. The number of carbonyl (C=O) groups is 1. The summed E-state index contributed by atoms with van der Waals surface area (Å²) in [5.41, 5.74) is 6.40. The van der Waals surface area contributed by atoms with Crippen LogP contribution in [-0.2, 0) is 11.2 Å². The van der Waals surface area contributed by atoms with Crippen LogP contribution in [0, 0.1) is 11.8 Å². The molecule has 3 atom stereocenters. The van der Waals surface area contributed by atoms with Crippen LogP contribution in [0.3, 0.4) is 0 Å². The van der Waals surface area contributed by atoms with Crippen molar-refractivity contribution in [2.75, 3.05) is 11.5 Å². The molecule has 4 nitrogen and oxygen atoms in total. The number of aliphatic carboxylic acids is 1. The van der Waals surface area contributed by atoms with Gasteiger partial charge in [0.1, 0.15) is 0 Å². The van der Waals surface area contributed by atoms with Crippen molar-refractivity contribution in [3.63, 3.8) is 0 Å². The number of carboxylic acid groups (broad SMARTS) is 1. The van der Waals surface area contributed by atoms with E-state index in [4.69, 9.17) is 16.6 Å². The van der Waals surface area contributed by atoms with Gasteiger partial charge in [-0.2, -0.15) is 11.8 Å². The standard InChI is InChI=1S/C35H36ClNO3S.Na.H/c1-23(38)19-27-6-2-3-8-31(27)32(17-18-41-22-33(35(39)40)25-10-11-25)28-7-4-5-24(20-28)9-15-30-16-13-26-12-14-29(36)21-34(26)37-30;;/h2-9,12-16,20-21,23,25,32-33,38H,10-11,17-19,22H2,1H3,(H,39,40);;/q;+1;-1. The van der Waals surface area contributed by atoms with Crippen molar-refractivity contribution in [2.45, 2.75) is 44.6 Å². The third-order valence-electron chi connectivity index (χ3n) is 7.74. The Morgan fingerprint density at radius 2 is 1.86 bits per heavy atom. The summed E-state index contributed by atoms with van der Waals surface area (Å²) in [7, 11) is 0. The van der Waals surface area contributed by atoms with Crippen LogP contribution in [0.4, 0.5) is 0 Å². The summed E-state index contributed by atoms with van der Waals surface area (Å²) in [6, 6.07) is 26.8. The van der Waals surface area contributed by atoms with Gasteiger partial charge in [0.2, 0.25) is 0 Å². The maximum absolute atomic E-state index is 11.7. The summed E-state index contributed by atoms with van der Waals surface area (Å²) in [5.74, 6) is 1.11. The topological polar surface area (TPSA) is 70.4 Å². The van der Waals surface area contributed by atoms with E-state index in [1.165, 1.54) is 11.1 Å². The first-order valence-electron chi connectivity index (χ1n) is 14.3. The molecular weight excluding hydrogens is 573 g/mol. The fourth-order valence-electron chi connectivity index (χ4n) is 5.46. The molecule has 42 heavy (non-hydrogen) atoms. The maximum atomic E-state index is 11.7. The number of nitrogens with zero attached hydrogens (tertiary/aromatic N) is 1. The van der Waals surface area contributed by atoms with Gasteiger partial charge >= 0.3 is 35.5 Å². The predicted octanol–water partition coefficient (Wildman–Crippen LogP) is 5.46. The first-order valence-corrected chi connectivity index (χ1v) is 15.8. The predicted molar refractivity (Wildman–Crippen MR) is 173 cm³/mol. The summed E-state index contributed by atoms with van der Waals surface area (Å²) in [6.45, 7) is 1.83. The van der Waals surface area contributed by atoms with E-state index in [0.717, 1.165) is 52.7 Å². The molecule has 3 aromatic carbocycles. The van der Waals surface area contributed by atoms with Gasteiger partial charge < -0.3 is 11.6 Å². The van der Waals surface area contributed by atoms with Crippen molar-refractivity contribution in [3.05, 3.63) is 112 Å². The Kier molecular flexibility index (Phi) is 12.1. The van der Waals surface area contributed by atoms with Crippen molar-refractivity contribution in [1.29, 1.82) is 0 Å². The van der Waals surface area contributed by atoms with Crippen LogP contribution in [0.15, 0.2) is 78.9 Å². The van der Waals surface area contributed by atoms with Gasteiger partial charge in [0, 0.05) is 22.1 Å². The maximum Gasteiger partial charge on any atom is 1.00 e. The molecule has 2 N–H and O–H groups in total. The van der Waals surface area contributed by atoms with Crippen LogP contribution in [0.5, 0.6) is 0 Å². The largest absolute Gasteiger partial charge is 1.00 e. The van der Waals surface area contributed by atoms with Crippen molar-refractivity contribution in [2.24, 2.45) is 11.8 Å². The summed E-state index contributed by atoms with van der Waals surface area (Å²) in [6.07, 6.45) is 7.24. The van der Waals surface area contributed by atoms with E-state index in [-0.39, 0.29) is 42.8 Å². The van der Waals surface area contributed by atoms with Gasteiger partial charge in [-0.25, -0.2) is 4.98 Å². The third-order valence-corrected chi connectivity index (χ3v) is 9.09. The summed E-state index contributed by atoms with van der Waals surface area (Å²) in [4.78, 5) is 16.5. The van der Waals surface area contributed by atoms with Crippen molar-refractivity contribution in [3.8, 4) is 0 Å². The van der Waals surface area contributed by atoms with Gasteiger partial charge in [0.15, 0.2) is 0 Å². The van der Waals surface area contributed by atoms with Crippen LogP contribution in [0.1, 0.15) is 61.5 Å². The molecule has 3 unspecified atom stereocenters. The number of pyridine rings is 1. The Balaban J connectivity index is 0.00000253. The number of hydrogen-bond acceptors (Lipinski definition) is 4. The minimum atomic E-state index is -0.665. The molecule has 214 valence electrons. The smallest absolute Gasteiger partial charge is 1.00 e. The second kappa shape index (κ2) is 15.6. The van der Waals surface area contributed by atoms with Crippen molar-refractivity contribution < 1.29 is 46.0 Å². The number of aliphatic hydroxyl groups is 1. The molecule has 1 aliphatic rings. The molecule has 0 spiro atoms. The van der Waals surface area contributed by atoms with E-state index in [2.05, 4.69) is 54.6 Å². The second-order valence-electron chi connectivity index (χ2n) is 11.0. The first-order chi connectivity index (χ1) is 19.9. The van der Waals surface area contributed by atoms with Crippen molar-refractivity contribution >= 4 is 52.4 Å². The van der Waals surface area contributed by atoms with Gasteiger partial charge in [-0.1, -0.05) is 78.3 Å². The number of hydrogen-bond donors (Lipinski definition) is 2. The van der Waals surface area contributed by atoms with Crippen molar-refractivity contribution in [1.82, 2.24) is 4.98 Å². The number of halogens is 1. The normalized spacial score (nSPS) is 15.3. The summed E-state index contributed by atoms with van der Waals surface area (Å²) >= 11 is 7.92. The average molecular weight is 610 g/mol. The fraction of sp³-hybridized carbons (Fsp3) is 0.314. The number of rotatable bonds is 13. The molecule has 1 aromatic heterocycles. The quantitative estimate of drug-likeness (QED) is 0.156. The molecule has 0 bridgehead atoms. The third kappa shape index (κ3) is 8.95. The number of fused-ring (bicyclic) bond motifs is 1. The second-order valence-corrected chi connectivity index (χ2v) is 12.6. The monoisotopic (exact) mass is 609 g/mol. The van der Waals surface area contributed by atoms with Crippen LogP contribution in [0.25, 0.3) is 23.1 Å². The Morgan fingerprint density at radius 3 is 2.62 bits per heavy atom. The Labute approximate surface area is 281 Å². The zero-order valence-corrected chi connectivity index (χ0v) is 27.8. The molecule has 0 radical (unpaired) electrons. The SMILES string of the molecule is CC(O)Cc1ccccc1C(CCSCC(C(=O)O)C1CC1)c1cccc(C=Cc2ccc3ccc(Cl)cc3n2)c1.[H-].[Na+]. The van der Waals surface area contributed by atoms with Gasteiger partial charge in [-0.3, -0.25) is 4.79 Å². The number of thioether (sulfide) groups is 1. The molecule has 1 fully saturated rings. The average Bonchev–Trinajstić information content (AvgIpc) is 3.79. The molecule has 0 aliphatic heterocycles. The Morgan fingerprint density at radius 1 is 1.07 bits per heavy atom. The van der Waals surface area contributed by atoms with E-state index in [1.54, 1.807) is 11.8 Å². The molecule has 7 heteroatoms. The molecular formula is C35H37ClNNaO3S. The Bertz CT molecular complexity index is 1540. The number of aliphatic hydroxyl groups excluding tert-OH is 1. The number of carboxylic acids is 1. The summed E-state index contributed by atoms with van der Waals surface area (Å²) in [5, 5.41) is 21.6. The molecule has 0 saturated heterocycles. The van der Waals surface area contributed by atoms with Crippen LogP contribution in [0.2, 0.25) is 5.02 Å². The Hall–Kier alpha value is -2.12. The van der Waals surface area contributed by atoms with Crippen LogP contribution >= 0.6 is 23.4 Å². The molecule has 4 aromatic rings. The zero-order chi connectivity index (χ0) is 28.8. The molecule has 1 heterocycles. The number of benzene rings is 3. The fourth-order valence-corrected chi connectivity index (χ4v) is 6.86. The van der Waals surface area contributed by atoms with E-state index in [9.17, 15) is 15.0 Å². The van der Waals surface area contributed by atoms with Gasteiger partial charge in [0.25, 0.3) is 0 Å². The van der Waals surface area contributed by atoms with Crippen LogP contribution in [-0.4, -0.2) is 38.8 Å². The number of aromatic nitrogens is 1. The summed E-state index contributed by atoms with van der Waals surface area (Å²) < 4.78 is 0. The van der Waals surface area contributed by atoms with E-state index in [0.29, 0.717) is 23.1 Å². The van der Waals surface area contributed by atoms with Gasteiger partial charge in [-0.05, 0) is 90.8 Å². The minimum Gasteiger partial charge on any atom is -1.00 e. The van der Waals surface area contributed by atoms with E-state index < -0.39 is 12.1 Å². The first kappa shape index (κ1) is 32.8. The molecule has 5 rings (SSSR count). The molecule has 1 aliphatic carbocycles. The molecule has 1 saturated carbocycles. The van der Waals surface area contributed by atoms with Crippen LogP contribution < -0.4 is 29.6 Å².